The SMILES string of the molecule is C/C(COCCC(=O)N1CCN2c3nnc(C(F)(F)F)cc3N(C)C(=O)[C@@]2(S)C1)=N/c1cn[nH]c(=O)c1C(F)(F)F. The maximum absolute atomic E-state index is 13.2. The van der Waals surface area contributed by atoms with E-state index in [0.717, 1.165) is 17.2 Å². The number of amides is 2. The van der Waals surface area contributed by atoms with Crippen LogP contribution in [-0.2, 0) is 26.7 Å². The highest BCUT2D eigenvalue weighted by Gasteiger charge is 2.53. The molecule has 0 aromatic carbocycles. The standard InChI is InChI=1S/C22H22F6N8O4S/c1-11(30-12-8-29-33-18(38)16(12)22(26,27)28)9-40-6-3-15(37)35-4-5-36-17-13(7-14(31-32-17)21(23,24)25)34(2)19(39)20(36,41)10-35/h7-8,41H,3-6,9-10H2,1-2H3,(H,33,38)/b30-11-/t20-/m0/s1. The predicted molar refractivity (Wildman–Crippen MR) is 134 cm³/mol. The fourth-order valence-corrected chi connectivity index (χ4v) is 4.88. The summed E-state index contributed by atoms with van der Waals surface area (Å²) in [5.74, 6) is -1.07. The number of hydrogen-bond donors (Lipinski definition) is 2. The number of aliphatic imine (C=N–C) groups is 1. The van der Waals surface area contributed by atoms with Crippen molar-refractivity contribution in [3.63, 3.8) is 0 Å². The summed E-state index contributed by atoms with van der Waals surface area (Å²) < 4.78 is 84.2. The second-order valence-electron chi connectivity index (χ2n) is 9.19. The molecule has 0 aliphatic carbocycles. The quantitative estimate of drug-likeness (QED) is 0.220. The van der Waals surface area contributed by atoms with E-state index in [9.17, 15) is 40.7 Å². The molecule has 2 aliphatic rings. The van der Waals surface area contributed by atoms with Gasteiger partial charge < -0.3 is 19.4 Å². The van der Waals surface area contributed by atoms with Crippen LogP contribution in [0, 0.1) is 0 Å². The number of fused-ring (bicyclic) bond motifs is 3. The topological polar surface area (TPSA) is 137 Å². The van der Waals surface area contributed by atoms with E-state index in [2.05, 4.69) is 32.9 Å². The molecule has 2 aromatic heterocycles. The number of nitrogens with one attached hydrogen (secondary N) is 1. The second-order valence-corrected chi connectivity index (χ2v) is 9.93. The number of likely N-dealkylation sites (N-methyl/N-ethyl adjacent to an activating group) is 1. The molecule has 12 nitrogen and oxygen atoms in total. The van der Waals surface area contributed by atoms with Gasteiger partial charge in [0.25, 0.3) is 11.5 Å². The van der Waals surface area contributed by atoms with Crippen LogP contribution in [-0.4, -0.2) is 87.6 Å². The number of carbonyl (C=O) groups is 2. The van der Waals surface area contributed by atoms with Gasteiger partial charge in [-0.15, -0.1) is 22.8 Å². The van der Waals surface area contributed by atoms with E-state index in [1.54, 1.807) is 5.10 Å². The number of thiol groups is 1. The van der Waals surface area contributed by atoms with Crippen LogP contribution in [0.5, 0.6) is 0 Å². The van der Waals surface area contributed by atoms with Gasteiger partial charge in [0.05, 0.1) is 38.1 Å². The number of aromatic amines is 1. The van der Waals surface area contributed by atoms with Gasteiger partial charge in [-0.25, -0.2) is 5.10 Å². The summed E-state index contributed by atoms with van der Waals surface area (Å²) in [5.41, 5.74) is -4.89. The van der Waals surface area contributed by atoms with Crippen molar-refractivity contribution >= 4 is 47.3 Å². The molecule has 4 heterocycles. The number of nitrogens with zero attached hydrogens (tertiary/aromatic N) is 7. The Balaban J connectivity index is 1.37. The van der Waals surface area contributed by atoms with Crippen molar-refractivity contribution in [2.45, 2.75) is 30.6 Å². The third kappa shape index (κ3) is 5.99. The highest BCUT2D eigenvalue weighted by Crippen LogP contribution is 2.43. The van der Waals surface area contributed by atoms with Crippen LogP contribution >= 0.6 is 12.6 Å². The monoisotopic (exact) mass is 608 g/mol. The molecule has 1 N–H and O–H groups in total. The smallest absolute Gasteiger partial charge is 0.375 e. The van der Waals surface area contributed by atoms with Crippen LogP contribution in [0.2, 0.25) is 0 Å². The number of piperazine rings is 1. The second kappa shape index (κ2) is 10.9. The van der Waals surface area contributed by atoms with Crippen LogP contribution in [0.4, 0.5) is 43.5 Å². The molecule has 0 radical (unpaired) electrons. The van der Waals surface area contributed by atoms with Crippen molar-refractivity contribution in [3.05, 3.63) is 33.9 Å². The minimum absolute atomic E-state index is 0.0181. The third-order valence-electron chi connectivity index (χ3n) is 6.32. The van der Waals surface area contributed by atoms with E-state index in [1.807, 2.05) is 0 Å². The van der Waals surface area contributed by atoms with Crippen molar-refractivity contribution in [2.75, 3.05) is 49.7 Å². The molecule has 1 saturated heterocycles. The lowest BCUT2D eigenvalue weighted by molar-refractivity contribution is -0.142. The first-order valence-electron chi connectivity index (χ1n) is 11.8. The Morgan fingerprint density at radius 1 is 1.17 bits per heavy atom. The van der Waals surface area contributed by atoms with Crippen LogP contribution < -0.4 is 15.4 Å². The zero-order valence-corrected chi connectivity index (χ0v) is 22.3. The normalized spacial score (nSPS) is 19.8. The number of anilines is 2. The molecule has 4 rings (SSSR count). The first kappa shape index (κ1) is 30.2. The molecule has 0 saturated carbocycles. The highest BCUT2D eigenvalue weighted by atomic mass is 32.1. The Labute approximate surface area is 232 Å². The van der Waals surface area contributed by atoms with Crippen molar-refractivity contribution < 1.29 is 40.7 Å². The van der Waals surface area contributed by atoms with Gasteiger partial charge in [0.1, 0.15) is 11.3 Å². The van der Waals surface area contributed by atoms with Gasteiger partial charge >= 0.3 is 12.4 Å². The van der Waals surface area contributed by atoms with Gasteiger partial charge in [-0.2, -0.15) is 31.4 Å². The van der Waals surface area contributed by atoms with Gasteiger partial charge in [-0.05, 0) is 13.0 Å². The van der Waals surface area contributed by atoms with Gasteiger partial charge in [0.15, 0.2) is 16.4 Å². The Morgan fingerprint density at radius 3 is 2.54 bits per heavy atom. The summed E-state index contributed by atoms with van der Waals surface area (Å²) in [6, 6.07) is 0.726. The lowest BCUT2D eigenvalue weighted by Gasteiger charge is -2.51. The zero-order chi connectivity index (χ0) is 30.3. The molecule has 2 aromatic rings. The van der Waals surface area contributed by atoms with E-state index in [1.165, 1.54) is 23.8 Å². The summed E-state index contributed by atoms with van der Waals surface area (Å²) in [4.78, 5) is 43.5. The average molecular weight is 609 g/mol. The van der Waals surface area contributed by atoms with Crippen LogP contribution in [0.1, 0.15) is 24.6 Å². The number of ether oxygens (including phenoxy) is 1. The summed E-state index contributed by atoms with van der Waals surface area (Å²) in [7, 11) is 1.27. The molecule has 0 spiro atoms. The molecule has 41 heavy (non-hydrogen) atoms. The minimum atomic E-state index is -4.95. The van der Waals surface area contributed by atoms with Crippen molar-refractivity contribution in [1.82, 2.24) is 25.3 Å². The maximum atomic E-state index is 13.2. The Kier molecular flexibility index (Phi) is 8.05. The Bertz CT molecular complexity index is 1450. The average Bonchev–Trinajstić information content (AvgIpc) is 2.88. The third-order valence-corrected chi connectivity index (χ3v) is 6.89. The Morgan fingerprint density at radius 2 is 1.88 bits per heavy atom. The molecule has 1 fully saturated rings. The molecule has 19 heteroatoms. The number of alkyl halides is 6. The van der Waals surface area contributed by atoms with Crippen LogP contribution in [0.25, 0.3) is 0 Å². The molecule has 2 amide bonds. The lowest BCUT2D eigenvalue weighted by atomic mass is 10.0. The summed E-state index contributed by atoms with van der Waals surface area (Å²) in [5, 5.41) is 12.0. The summed E-state index contributed by atoms with van der Waals surface area (Å²) >= 11 is 4.51. The first-order valence-corrected chi connectivity index (χ1v) is 12.3. The number of halogens is 6. The number of carbonyl (C=O) groups excluding carboxylic acids is 2. The van der Waals surface area contributed by atoms with E-state index in [4.69, 9.17) is 4.74 Å². The molecule has 1 atom stereocenters. The molecule has 222 valence electrons. The van der Waals surface area contributed by atoms with Crippen molar-refractivity contribution in [3.8, 4) is 0 Å². The molecule has 2 aliphatic heterocycles. The predicted octanol–water partition coefficient (Wildman–Crippen LogP) is 2.05. The summed E-state index contributed by atoms with van der Waals surface area (Å²) in [6.07, 6.45) is -9.12. The van der Waals surface area contributed by atoms with E-state index < -0.39 is 51.5 Å². The van der Waals surface area contributed by atoms with Gasteiger partial charge in [0, 0.05) is 25.8 Å². The largest absolute Gasteiger partial charge is 0.435 e. The maximum Gasteiger partial charge on any atom is 0.435 e. The number of hydrogen-bond acceptors (Lipinski definition) is 10. The lowest BCUT2D eigenvalue weighted by Crippen LogP contribution is -2.69. The van der Waals surface area contributed by atoms with Gasteiger partial charge in [0.2, 0.25) is 5.91 Å². The number of H-pyrrole nitrogens is 1. The fraction of sp³-hybridized carbons (Fsp3) is 0.500. The summed E-state index contributed by atoms with van der Waals surface area (Å²) in [6.45, 7) is 0.887. The molecular formula is C22H22F6N8O4S. The molecular weight excluding hydrogens is 586 g/mol. The van der Waals surface area contributed by atoms with Gasteiger partial charge in [-0.1, -0.05) is 0 Å². The first-order chi connectivity index (χ1) is 19.0. The van der Waals surface area contributed by atoms with Crippen molar-refractivity contribution in [2.24, 2.45) is 4.99 Å². The minimum Gasteiger partial charge on any atom is -0.375 e. The molecule has 0 unspecified atom stereocenters. The van der Waals surface area contributed by atoms with E-state index in [-0.39, 0.29) is 56.5 Å². The van der Waals surface area contributed by atoms with E-state index in [0.29, 0.717) is 0 Å². The van der Waals surface area contributed by atoms with Crippen molar-refractivity contribution in [1.29, 1.82) is 0 Å². The zero-order valence-electron chi connectivity index (χ0n) is 21.4. The van der Waals surface area contributed by atoms with Crippen LogP contribution in [0.15, 0.2) is 22.1 Å². The van der Waals surface area contributed by atoms with Gasteiger partial charge in [-0.3, -0.25) is 19.4 Å². The van der Waals surface area contributed by atoms with E-state index >= 15 is 0 Å². The molecule has 0 bridgehead atoms. The number of aromatic nitrogens is 4. The van der Waals surface area contributed by atoms with Crippen LogP contribution in [0.3, 0.4) is 0 Å². The fourth-order valence-electron chi connectivity index (χ4n) is 4.37. The highest BCUT2D eigenvalue weighted by molar-refractivity contribution is 7.83. The number of rotatable bonds is 6. The Hall–Kier alpha value is -3.74.